The Hall–Kier alpha value is -2.99. The largest absolute Gasteiger partial charge is 0.481 e. The van der Waals surface area contributed by atoms with Gasteiger partial charge in [0.05, 0.1) is 11.8 Å². The minimum Gasteiger partial charge on any atom is -0.481 e. The van der Waals surface area contributed by atoms with Gasteiger partial charge in [0.15, 0.2) is 0 Å². The van der Waals surface area contributed by atoms with Crippen LogP contribution in [0.25, 0.3) is 20.3 Å². The first-order valence-corrected chi connectivity index (χ1v) is 9.20. The second kappa shape index (κ2) is 7.09. The van der Waals surface area contributed by atoms with Crippen LogP contribution in [0, 0.1) is 0 Å². The summed E-state index contributed by atoms with van der Waals surface area (Å²) in [5.41, 5.74) is 1.16. The fourth-order valence-electron chi connectivity index (χ4n) is 2.91. The van der Waals surface area contributed by atoms with Gasteiger partial charge in [0.25, 0.3) is 0 Å². The standard InChI is InChI=1S/C20H17N3O2S/c24-17(25)11-10-16-22-19(21-12-13-6-2-1-3-7-13)18-14-8-4-5-9-15(14)26-20(18)23-16/h1-9H,10-12H2,(H,24,25)(H,21,22,23). The minimum absolute atomic E-state index is 0.0223. The van der Waals surface area contributed by atoms with Crippen LogP contribution < -0.4 is 5.32 Å². The lowest BCUT2D eigenvalue weighted by atomic mass is 10.2. The number of nitrogens with one attached hydrogen (secondary N) is 1. The van der Waals surface area contributed by atoms with Gasteiger partial charge in [0.2, 0.25) is 0 Å². The van der Waals surface area contributed by atoms with E-state index in [0.717, 1.165) is 31.7 Å². The van der Waals surface area contributed by atoms with Crippen molar-refractivity contribution < 1.29 is 9.90 Å². The molecule has 0 radical (unpaired) electrons. The Bertz CT molecular complexity index is 1080. The number of hydrogen-bond acceptors (Lipinski definition) is 5. The van der Waals surface area contributed by atoms with Crippen LogP contribution >= 0.6 is 11.3 Å². The number of nitrogens with zero attached hydrogens (tertiary/aromatic N) is 2. The van der Waals surface area contributed by atoms with Gasteiger partial charge in [-0.15, -0.1) is 11.3 Å². The number of aromatic nitrogens is 2. The maximum atomic E-state index is 10.9. The zero-order valence-electron chi connectivity index (χ0n) is 14.0. The molecule has 0 saturated heterocycles. The van der Waals surface area contributed by atoms with E-state index in [1.807, 2.05) is 30.3 Å². The molecular weight excluding hydrogens is 346 g/mol. The molecule has 4 rings (SSSR count). The van der Waals surface area contributed by atoms with Crippen molar-refractivity contribution in [2.24, 2.45) is 0 Å². The lowest BCUT2D eigenvalue weighted by molar-refractivity contribution is -0.137. The third-order valence-corrected chi connectivity index (χ3v) is 5.22. The summed E-state index contributed by atoms with van der Waals surface area (Å²) >= 11 is 1.61. The zero-order chi connectivity index (χ0) is 17.9. The van der Waals surface area contributed by atoms with Crippen molar-refractivity contribution in [2.75, 3.05) is 5.32 Å². The molecule has 130 valence electrons. The molecule has 0 saturated carbocycles. The summed E-state index contributed by atoms with van der Waals surface area (Å²) < 4.78 is 1.15. The van der Waals surface area contributed by atoms with Crippen molar-refractivity contribution in [2.45, 2.75) is 19.4 Å². The normalized spacial score (nSPS) is 11.1. The highest BCUT2D eigenvalue weighted by atomic mass is 32.1. The number of aliphatic carboxylic acids is 1. The van der Waals surface area contributed by atoms with Gasteiger partial charge in [-0.25, -0.2) is 9.97 Å². The highest BCUT2D eigenvalue weighted by Crippen LogP contribution is 2.36. The molecule has 2 aromatic heterocycles. The van der Waals surface area contributed by atoms with Gasteiger partial charge in [-0.05, 0) is 11.6 Å². The van der Waals surface area contributed by atoms with Gasteiger partial charge in [0.1, 0.15) is 16.5 Å². The molecule has 0 aliphatic heterocycles. The number of carboxylic acid groups (broad SMARTS) is 1. The average molecular weight is 363 g/mol. The maximum absolute atomic E-state index is 10.9. The Kier molecular flexibility index (Phi) is 4.50. The van der Waals surface area contributed by atoms with Crippen LogP contribution in [0.15, 0.2) is 54.6 Å². The summed E-state index contributed by atoms with van der Waals surface area (Å²) in [6.45, 7) is 0.648. The summed E-state index contributed by atoms with van der Waals surface area (Å²) in [6, 6.07) is 18.3. The van der Waals surface area contributed by atoms with E-state index in [2.05, 4.69) is 39.6 Å². The Morgan fingerprint density at radius 1 is 1.04 bits per heavy atom. The van der Waals surface area contributed by atoms with Crippen LogP contribution in [0.4, 0.5) is 5.82 Å². The van der Waals surface area contributed by atoms with E-state index in [1.165, 1.54) is 0 Å². The molecule has 0 spiro atoms. The Labute approximate surface area is 154 Å². The molecule has 2 heterocycles. The van der Waals surface area contributed by atoms with Crippen molar-refractivity contribution in [3.63, 3.8) is 0 Å². The molecule has 0 aliphatic carbocycles. The summed E-state index contributed by atoms with van der Waals surface area (Å²) in [4.78, 5) is 21.0. The number of carboxylic acids is 1. The molecule has 4 aromatic rings. The molecule has 5 nitrogen and oxygen atoms in total. The number of thiophene rings is 1. The number of aryl methyl sites for hydroxylation is 1. The van der Waals surface area contributed by atoms with Gasteiger partial charge in [-0.2, -0.15) is 0 Å². The van der Waals surface area contributed by atoms with Gasteiger partial charge >= 0.3 is 5.97 Å². The van der Waals surface area contributed by atoms with Crippen molar-refractivity contribution in [1.82, 2.24) is 9.97 Å². The summed E-state index contributed by atoms with van der Waals surface area (Å²) in [7, 11) is 0. The highest BCUT2D eigenvalue weighted by Gasteiger charge is 2.14. The Morgan fingerprint density at radius 3 is 2.62 bits per heavy atom. The minimum atomic E-state index is -0.844. The van der Waals surface area contributed by atoms with E-state index in [4.69, 9.17) is 5.11 Å². The first-order chi connectivity index (χ1) is 12.7. The van der Waals surface area contributed by atoms with Crippen molar-refractivity contribution in [3.8, 4) is 0 Å². The Morgan fingerprint density at radius 2 is 1.81 bits per heavy atom. The zero-order valence-corrected chi connectivity index (χ0v) is 14.8. The molecule has 0 aliphatic rings. The highest BCUT2D eigenvalue weighted by molar-refractivity contribution is 7.25. The maximum Gasteiger partial charge on any atom is 0.303 e. The van der Waals surface area contributed by atoms with Crippen LogP contribution in [-0.4, -0.2) is 21.0 Å². The molecule has 2 N–H and O–H groups in total. The lowest BCUT2D eigenvalue weighted by Crippen LogP contribution is -2.06. The number of rotatable bonds is 6. The second-order valence-corrected chi connectivity index (χ2v) is 7.03. The van der Waals surface area contributed by atoms with Crippen LogP contribution in [0.5, 0.6) is 0 Å². The second-order valence-electron chi connectivity index (χ2n) is 6.00. The Balaban J connectivity index is 1.77. The average Bonchev–Trinajstić information content (AvgIpc) is 3.04. The van der Waals surface area contributed by atoms with E-state index < -0.39 is 5.97 Å². The number of hydrogen-bond donors (Lipinski definition) is 2. The smallest absolute Gasteiger partial charge is 0.303 e. The first kappa shape index (κ1) is 16.5. The van der Waals surface area contributed by atoms with E-state index in [1.54, 1.807) is 11.3 Å². The molecule has 0 bridgehead atoms. The summed E-state index contributed by atoms with van der Waals surface area (Å²) in [5.74, 6) is 0.475. The number of carbonyl (C=O) groups is 1. The molecular formula is C20H17N3O2S. The van der Waals surface area contributed by atoms with Crippen molar-refractivity contribution in [1.29, 1.82) is 0 Å². The number of anilines is 1. The SMILES string of the molecule is O=C(O)CCc1nc(NCc2ccccc2)c2c(n1)sc1ccccc12. The van der Waals surface area contributed by atoms with Crippen LogP contribution in [0.1, 0.15) is 17.8 Å². The van der Waals surface area contributed by atoms with E-state index in [0.29, 0.717) is 18.8 Å². The first-order valence-electron chi connectivity index (χ1n) is 8.38. The predicted molar refractivity (Wildman–Crippen MR) is 105 cm³/mol. The summed E-state index contributed by atoms with van der Waals surface area (Å²) in [5, 5.41) is 14.5. The van der Waals surface area contributed by atoms with Gasteiger partial charge in [-0.1, -0.05) is 48.5 Å². The molecule has 6 heteroatoms. The number of benzene rings is 2. The van der Waals surface area contributed by atoms with Crippen LogP contribution in [0.2, 0.25) is 0 Å². The van der Waals surface area contributed by atoms with Crippen molar-refractivity contribution >= 4 is 43.4 Å². The topological polar surface area (TPSA) is 75.1 Å². The monoisotopic (exact) mass is 363 g/mol. The predicted octanol–water partition coefficient (Wildman–Crippen LogP) is 4.47. The number of fused-ring (bicyclic) bond motifs is 3. The fraction of sp³-hybridized carbons (Fsp3) is 0.150. The quantitative estimate of drug-likeness (QED) is 0.528. The molecule has 26 heavy (non-hydrogen) atoms. The molecule has 0 amide bonds. The van der Waals surface area contributed by atoms with Gasteiger partial charge in [0, 0.05) is 23.1 Å². The van der Waals surface area contributed by atoms with Gasteiger partial charge < -0.3 is 10.4 Å². The fourth-order valence-corrected chi connectivity index (χ4v) is 4.00. The van der Waals surface area contributed by atoms with E-state index >= 15 is 0 Å². The van der Waals surface area contributed by atoms with Crippen LogP contribution in [0.3, 0.4) is 0 Å². The third-order valence-electron chi connectivity index (χ3n) is 4.15. The molecule has 0 atom stereocenters. The molecule has 0 fully saturated rings. The van der Waals surface area contributed by atoms with Gasteiger partial charge in [-0.3, -0.25) is 4.79 Å². The van der Waals surface area contributed by atoms with E-state index in [-0.39, 0.29) is 6.42 Å². The summed E-state index contributed by atoms with van der Waals surface area (Å²) in [6.07, 6.45) is 0.341. The lowest BCUT2D eigenvalue weighted by Gasteiger charge is -2.09. The third kappa shape index (κ3) is 3.36. The molecule has 2 aromatic carbocycles. The molecule has 0 unspecified atom stereocenters. The van der Waals surface area contributed by atoms with E-state index in [9.17, 15) is 4.79 Å². The van der Waals surface area contributed by atoms with Crippen LogP contribution in [-0.2, 0) is 17.8 Å². The van der Waals surface area contributed by atoms with Crippen molar-refractivity contribution in [3.05, 3.63) is 66.0 Å².